The number of carbonyl (C=O) groups is 1. The molecule has 25 heavy (non-hydrogen) atoms. The fraction of sp³-hybridized carbons (Fsp3) is 0.562. The van der Waals surface area contributed by atoms with E-state index in [4.69, 9.17) is 14.2 Å². The lowest BCUT2D eigenvalue weighted by Gasteiger charge is -2.19. The molecule has 0 bridgehead atoms. The lowest BCUT2D eigenvalue weighted by Crippen LogP contribution is -2.46. The molecule has 0 saturated carbocycles. The van der Waals surface area contributed by atoms with Gasteiger partial charge in [-0.2, -0.15) is 10.2 Å². The minimum Gasteiger partial charge on any atom is -0.482 e. The van der Waals surface area contributed by atoms with Gasteiger partial charge in [0.1, 0.15) is 11.8 Å². The fourth-order valence-electron chi connectivity index (χ4n) is 2.77. The van der Waals surface area contributed by atoms with Gasteiger partial charge in [-0.15, -0.1) is 0 Å². The zero-order valence-electron chi connectivity index (χ0n) is 14.9. The number of aryl methyl sites for hydroxylation is 3. The predicted molar refractivity (Wildman–Crippen MR) is 88.6 cm³/mol. The van der Waals surface area contributed by atoms with Crippen LogP contribution in [0.4, 0.5) is 0 Å². The highest BCUT2D eigenvalue weighted by atomic mass is 16.5. The quantitative estimate of drug-likeness (QED) is 0.796. The molecule has 0 radical (unpaired) electrons. The van der Waals surface area contributed by atoms with E-state index in [0.29, 0.717) is 24.7 Å². The Morgan fingerprint density at radius 2 is 2.20 bits per heavy atom. The zero-order valence-corrected chi connectivity index (χ0v) is 14.9. The van der Waals surface area contributed by atoms with E-state index in [1.165, 1.54) is 0 Å². The van der Waals surface area contributed by atoms with E-state index in [-0.39, 0.29) is 24.7 Å². The molecule has 0 aliphatic carbocycles. The molecule has 2 atom stereocenters. The maximum atomic E-state index is 12.2. The first kappa shape index (κ1) is 17.3. The molecular weight excluding hydrogens is 326 g/mol. The average Bonchev–Trinajstić information content (AvgIpc) is 3.22. The summed E-state index contributed by atoms with van der Waals surface area (Å²) < 4.78 is 20.3. The van der Waals surface area contributed by atoms with E-state index in [0.717, 1.165) is 11.4 Å². The summed E-state index contributed by atoms with van der Waals surface area (Å²) in [5.74, 6) is 1.07. The van der Waals surface area contributed by atoms with Crippen LogP contribution in [0.2, 0.25) is 0 Å². The van der Waals surface area contributed by atoms with Crippen LogP contribution in [0.1, 0.15) is 11.4 Å². The highest BCUT2D eigenvalue weighted by Crippen LogP contribution is 2.21. The van der Waals surface area contributed by atoms with Crippen molar-refractivity contribution in [1.29, 1.82) is 0 Å². The van der Waals surface area contributed by atoms with Crippen LogP contribution in [0.3, 0.4) is 0 Å². The van der Waals surface area contributed by atoms with Crippen LogP contribution in [0, 0.1) is 13.8 Å². The van der Waals surface area contributed by atoms with Crippen LogP contribution in [0.15, 0.2) is 12.4 Å². The zero-order chi connectivity index (χ0) is 18.0. The van der Waals surface area contributed by atoms with Gasteiger partial charge in [0, 0.05) is 14.1 Å². The fourth-order valence-corrected chi connectivity index (χ4v) is 2.77. The van der Waals surface area contributed by atoms with E-state index in [1.54, 1.807) is 21.8 Å². The van der Waals surface area contributed by atoms with Crippen LogP contribution in [0.25, 0.3) is 0 Å². The summed E-state index contributed by atoms with van der Waals surface area (Å²) in [7, 11) is 3.66. The molecule has 1 fully saturated rings. The number of nitrogens with zero attached hydrogens (tertiary/aromatic N) is 4. The molecule has 3 rings (SSSR count). The van der Waals surface area contributed by atoms with Gasteiger partial charge in [0.05, 0.1) is 37.3 Å². The summed E-state index contributed by atoms with van der Waals surface area (Å²) >= 11 is 0. The van der Waals surface area contributed by atoms with Crippen molar-refractivity contribution >= 4 is 5.91 Å². The molecule has 2 aromatic heterocycles. The number of nitrogens with one attached hydrogen (secondary N) is 1. The Balaban J connectivity index is 1.53. The third-order valence-corrected chi connectivity index (χ3v) is 4.13. The largest absolute Gasteiger partial charge is 0.482 e. The van der Waals surface area contributed by atoms with Crippen molar-refractivity contribution in [2.24, 2.45) is 14.1 Å². The summed E-state index contributed by atoms with van der Waals surface area (Å²) in [5.41, 5.74) is 1.64. The monoisotopic (exact) mass is 349 g/mol. The van der Waals surface area contributed by atoms with Gasteiger partial charge in [0.2, 0.25) is 0 Å². The van der Waals surface area contributed by atoms with E-state index >= 15 is 0 Å². The summed E-state index contributed by atoms with van der Waals surface area (Å²) in [4.78, 5) is 12.2. The van der Waals surface area contributed by atoms with Crippen LogP contribution in [0.5, 0.6) is 11.5 Å². The molecule has 136 valence electrons. The summed E-state index contributed by atoms with van der Waals surface area (Å²) in [5, 5.41) is 11.2. The normalized spacial score (nSPS) is 19.8. The third-order valence-electron chi connectivity index (χ3n) is 4.13. The van der Waals surface area contributed by atoms with Crippen LogP contribution < -0.4 is 14.8 Å². The summed E-state index contributed by atoms with van der Waals surface area (Å²) in [6.45, 7) is 4.49. The van der Waals surface area contributed by atoms with E-state index in [9.17, 15) is 4.79 Å². The van der Waals surface area contributed by atoms with Gasteiger partial charge in [-0.1, -0.05) is 0 Å². The first-order chi connectivity index (χ1) is 11.9. The van der Waals surface area contributed by atoms with Crippen molar-refractivity contribution in [3.63, 3.8) is 0 Å². The average molecular weight is 349 g/mol. The smallest absolute Gasteiger partial charge is 0.258 e. The van der Waals surface area contributed by atoms with Crippen molar-refractivity contribution in [2.45, 2.75) is 26.0 Å². The molecule has 1 N–H and O–H groups in total. The van der Waals surface area contributed by atoms with E-state index in [1.807, 2.05) is 27.9 Å². The van der Waals surface area contributed by atoms with Gasteiger partial charge in [-0.05, 0) is 13.8 Å². The second kappa shape index (κ2) is 7.14. The molecule has 2 aromatic rings. The standard InChI is InChI=1S/C16H23N5O4/c1-10-16(11(2)21(4)19-10)24-9-15(22)18-13-7-23-8-14(13)25-12-5-17-20(3)6-12/h5-6,13-14H,7-9H2,1-4H3,(H,18,22)/t13-,14+/m0/s1. The lowest BCUT2D eigenvalue weighted by atomic mass is 10.2. The van der Waals surface area contributed by atoms with Gasteiger partial charge < -0.3 is 19.5 Å². The number of carbonyl (C=O) groups excluding carboxylic acids is 1. The van der Waals surface area contributed by atoms with Gasteiger partial charge >= 0.3 is 0 Å². The number of hydrogen-bond donors (Lipinski definition) is 1. The van der Waals surface area contributed by atoms with E-state index < -0.39 is 0 Å². The molecule has 9 heteroatoms. The first-order valence-corrected chi connectivity index (χ1v) is 8.09. The predicted octanol–water partition coefficient (Wildman–Crippen LogP) is 0.112. The number of hydrogen-bond acceptors (Lipinski definition) is 6. The SMILES string of the molecule is Cc1nn(C)c(C)c1OCC(=O)N[C@H]1COC[C@H]1Oc1cnn(C)c1. The number of aromatic nitrogens is 4. The Morgan fingerprint density at radius 3 is 2.84 bits per heavy atom. The second-order valence-corrected chi connectivity index (χ2v) is 6.13. The number of amides is 1. The number of ether oxygens (including phenoxy) is 3. The van der Waals surface area contributed by atoms with Crippen molar-refractivity contribution in [2.75, 3.05) is 19.8 Å². The lowest BCUT2D eigenvalue weighted by molar-refractivity contribution is -0.124. The Morgan fingerprint density at radius 1 is 1.40 bits per heavy atom. The maximum absolute atomic E-state index is 12.2. The topological polar surface area (TPSA) is 92.4 Å². The number of rotatable bonds is 6. The van der Waals surface area contributed by atoms with Crippen LogP contribution in [-0.2, 0) is 23.6 Å². The first-order valence-electron chi connectivity index (χ1n) is 8.09. The highest BCUT2D eigenvalue weighted by Gasteiger charge is 2.32. The second-order valence-electron chi connectivity index (χ2n) is 6.13. The molecule has 1 saturated heterocycles. The van der Waals surface area contributed by atoms with Gasteiger partial charge in [-0.25, -0.2) is 0 Å². The molecule has 1 amide bonds. The minimum absolute atomic E-state index is 0.0799. The summed E-state index contributed by atoms with van der Waals surface area (Å²) in [6, 6.07) is -0.229. The molecule has 0 spiro atoms. The molecule has 0 aromatic carbocycles. The van der Waals surface area contributed by atoms with Gasteiger partial charge in [-0.3, -0.25) is 14.2 Å². The van der Waals surface area contributed by atoms with Crippen LogP contribution >= 0.6 is 0 Å². The molecule has 0 unspecified atom stereocenters. The molecule has 1 aliphatic rings. The van der Waals surface area contributed by atoms with E-state index in [2.05, 4.69) is 15.5 Å². The Hall–Kier alpha value is -2.55. The summed E-state index contributed by atoms with van der Waals surface area (Å²) in [6.07, 6.45) is 3.15. The highest BCUT2D eigenvalue weighted by molar-refractivity contribution is 5.78. The van der Waals surface area contributed by atoms with Gasteiger partial charge in [0.15, 0.2) is 18.1 Å². The van der Waals surface area contributed by atoms with Crippen molar-refractivity contribution in [3.8, 4) is 11.5 Å². The van der Waals surface area contributed by atoms with Crippen molar-refractivity contribution < 1.29 is 19.0 Å². The van der Waals surface area contributed by atoms with Gasteiger partial charge in [0.25, 0.3) is 5.91 Å². The van der Waals surface area contributed by atoms with Crippen molar-refractivity contribution in [3.05, 3.63) is 23.8 Å². The molecule has 1 aliphatic heterocycles. The Bertz CT molecular complexity index is 754. The maximum Gasteiger partial charge on any atom is 0.258 e. The molecule has 3 heterocycles. The third kappa shape index (κ3) is 3.93. The molecular formula is C16H23N5O4. The van der Waals surface area contributed by atoms with Crippen LogP contribution in [-0.4, -0.2) is 57.4 Å². The van der Waals surface area contributed by atoms with Crippen molar-refractivity contribution in [1.82, 2.24) is 24.9 Å². The molecule has 9 nitrogen and oxygen atoms in total. The Labute approximate surface area is 145 Å². The Kier molecular flexibility index (Phi) is 4.93. The minimum atomic E-state index is -0.255.